The Bertz CT molecular complexity index is 406. The van der Waals surface area contributed by atoms with Crippen LogP contribution in [0.2, 0.25) is 0 Å². The molecule has 1 atom stereocenters. The van der Waals surface area contributed by atoms with E-state index in [9.17, 15) is 5.11 Å². The smallest absolute Gasteiger partial charge is 0.142 e. The fraction of sp³-hybridized carbons (Fsp3) is 0.600. The number of likely N-dealkylation sites (tertiary alicyclic amines) is 1. The van der Waals surface area contributed by atoms with Crippen LogP contribution in [-0.4, -0.2) is 55.6 Å². The minimum Gasteiger partial charge on any atom is -0.489 e. The first-order valence-electron chi connectivity index (χ1n) is 7.09. The SMILES string of the molecule is COC1CCN(CC(O)COc2ccccc2N)CC1. The number of anilines is 1. The molecule has 112 valence electrons. The number of para-hydroxylation sites is 2. The molecule has 5 heteroatoms. The first-order valence-corrected chi connectivity index (χ1v) is 7.09. The van der Waals surface area contributed by atoms with E-state index in [2.05, 4.69) is 4.90 Å². The summed E-state index contributed by atoms with van der Waals surface area (Å²) in [7, 11) is 1.76. The lowest BCUT2D eigenvalue weighted by Gasteiger charge is -2.32. The van der Waals surface area contributed by atoms with Crippen LogP contribution in [0.3, 0.4) is 0 Å². The Balaban J connectivity index is 1.71. The normalized spacial score (nSPS) is 18.9. The molecule has 1 unspecified atom stereocenters. The van der Waals surface area contributed by atoms with E-state index in [1.54, 1.807) is 13.2 Å². The highest BCUT2D eigenvalue weighted by Crippen LogP contribution is 2.20. The summed E-state index contributed by atoms with van der Waals surface area (Å²) in [5.74, 6) is 0.629. The second-order valence-corrected chi connectivity index (χ2v) is 5.24. The van der Waals surface area contributed by atoms with Crippen molar-refractivity contribution in [3.63, 3.8) is 0 Å². The van der Waals surface area contributed by atoms with Crippen molar-refractivity contribution < 1.29 is 14.6 Å². The maximum absolute atomic E-state index is 10.0. The Morgan fingerprint density at radius 1 is 1.35 bits per heavy atom. The number of benzene rings is 1. The summed E-state index contributed by atoms with van der Waals surface area (Å²) in [6, 6.07) is 7.33. The molecule has 0 spiro atoms. The van der Waals surface area contributed by atoms with E-state index >= 15 is 0 Å². The van der Waals surface area contributed by atoms with E-state index in [1.165, 1.54) is 0 Å². The van der Waals surface area contributed by atoms with Crippen LogP contribution in [0.4, 0.5) is 5.69 Å². The van der Waals surface area contributed by atoms with Gasteiger partial charge in [-0.1, -0.05) is 12.1 Å². The highest BCUT2D eigenvalue weighted by Gasteiger charge is 2.20. The molecular formula is C15H24N2O3. The van der Waals surface area contributed by atoms with Crippen molar-refractivity contribution in [2.75, 3.05) is 39.1 Å². The molecule has 1 fully saturated rings. The number of β-amino-alcohol motifs (C(OH)–C–C–N with tert-alkyl or cyclic N) is 1. The Morgan fingerprint density at radius 3 is 2.70 bits per heavy atom. The van der Waals surface area contributed by atoms with Crippen LogP contribution in [0.5, 0.6) is 5.75 Å². The number of nitrogens with zero attached hydrogens (tertiary/aromatic N) is 1. The standard InChI is InChI=1S/C15H24N2O3/c1-19-13-6-8-17(9-7-13)10-12(18)11-20-15-5-3-2-4-14(15)16/h2-5,12-13,18H,6-11,16H2,1H3. The predicted molar refractivity (Wildman–Crippen MR) is 78.8 cm³/mol. The van der Waals surface area contributed by atoms with E-state index in [0.29, 0.717) is 24.1 Å². The van der Waals surface area contributed by atoms with Crippen molar-refractivity contribution in [1.29, 1.82) is 0 Å². The predicted octanol–water partition coefficient (Wildman–Crippen LogP) is 1.12. The lowest BCUT2D eigenvalue weighted by atomic mass is 10.1. The van der Waals surface area contributed by atoms with Gasteiger partial charge < -0.3 is 25.2 Å². The Hall–Kier alpha value is -1.30. The van der Waals surface area contributed by atoms with Gasteiger partial charge in [-0.15, -0.1) is 0 Å². The number of nitrogens with two attached hydrogens (primary N) is 1. The fourth-order valence-electron chi connectivity index (χ4n) is 2.48. The van der Waals surface area contributed by atoms with Gasteiger partial charge in [0.05, 0.1) is 11.8 Å². The number of rotatable bonds is 6. The minimum absolute atomic E-state index is 0.262. The van der Waals surface area contributed by atoms with Gasteiger partial charge in [-0.05, 0) is 25.0 Å². The first-order chi connectivity index (χ1) is 9.69. The average molecular weight is 280 g/mol. The van der Waals surface area contributed by atoms with Crippen molar-refractivity contribution in [3.05, 3.63) is 24.3 Å². The van der Waals surface area contributed by atoms with Crippen molar-refractivity contribution in [1.82, 2.24) is 4.90 Å². The fourth-order valence-corrected chi connectivity index (χ4v) is 2.48. The lowest BCUT2D eigenvalue weighted by molar-refractivity contribution is 0.0154. The van der Waals surface area contributed by atoms with Crippen molar-refractivity contribution in [3.8, 4) is 5.75 Å². The summed E-state index contributed by atoms with van der Waals surface area (Å²) in [4.78, 5) is 2.25. The molecule has 2 rings (SSSR count). The Labute approximate surface area is 120 Å². The van der Waals surface area contributed by atoms with Gasteiger partial charge in [0.2, 0.25) is 0 Å². The number of aliphatic hydroxyl groups is 1. The van der Waals surface area contributed by atoms with Crippen LogP contribution in [0.1, 0.15) is 12.8 Å². The summed E-state index contributed by atoms with van der Waals surface area (Å²) in [5, 5.41) is 10.0. The highest BCUT2D eigenvalue weighted by molar-refractivity contribution is 5.51. The summed E-state index contributed by atoms with van der Waals surface area (Å²) in [5.41, 5.74) is 6.39. The zero-order valence-electron chi connectivity index (χ0n) is 12.0. The summed E-state index contributed by atoms with van der Waals surface area (Å²) in [6.45, 7) is 2.81. The van der Waals surface area contributed by atoms with Crippen molar-refractivity contribution in [2.24, 2.45) is 0 Å². The molecule has 3 N–H and O–H groups in total. The molecule has 0 aromatic heterocycles. The third-order valence-electron chi connectivity index (χ3n) is 3.69. The van der Waals surface area contributed by atoms with Crippen LogP contribution in [0.25, 0.3) is 0 Å². The van der Waals surface area contributed by atoms with Gasteiger partial charge in [0.25, 0.3) is 0 Å². The molecule has 1 heterocycles. The number of nitrogen functional groups attached to an aromatic ring is 1. The minimum atomic E-state index is -0.506. The molecule has 0 bridgehead atoms. The molecule has 1 saturated heterocycles. The second-order valence-electron chi connectivity index (χ2n) is 5.24. The highest BCUT2D eigenvalue weighted by atomic mass is 16.5. The molecule has 5 nitrogen and oxygen atoms in total. The summed E-state index contributed by atoms with van der Waals surface area (Å²) < 4.78 is 10.9. The quantitative estimate of drug-likeness (QED) is 0.764. The zero-order valence-corrected chi connectivity index (χ0v) is 12.0. The molecule has 1 aromatic carbocycles. The Kier molecular flexibility index (Phi) is 5.64. The summed E-state index contributed by atoms with van der Waals surface area (Å²) in [6.07, 6.45) is 1.91. The molecule has 0 radical (unpaired) electrons. The van der Waals surface area contributed by atoms with Crippen molar-refractivity contribution >= 4 is 5.69 Å². The van der Waals surface area contributed by atoms with Gasteiger partial charge >= 0.3 is 0 Å². The monoisotopic (exact) mass is 280 g/mol. The lowest BCUT2D eigenvalue weighted by Crippen LogP contribution is -2.42. The van der Waals surface area contributed by atoms with E-state index < -0.39 is 6.10 Å². The molecule has 1 aromatic rings. The van der Waals surface area contributed by atoms with Crippen LogP contribution in [0.15, 0.2) is 24.3 Å². The van der Waals surface area contributed by atoms with E-state index in [-0.39, 0.29) is 6.61 Å². The van der Waals surface area contributed by atoms with Gasteiger partial charge in [-0.3, -0.25) is 0 Å². The van der Waals surface area contributed by atoms with E-state index in [4.69, 9.17) is 15.2 Å². The molecule has 0 aliphatic carbocycles. The number of hydrogen-bond acceptors (Lipinski definition) is 5. The topological polar surface area (TPSA) is 68.0 Å². The van der Waals surface area contributed by atoms with Gasteiger partial charge in [-0.25, -0.2) is 0 Å². The number of piperidine rings is 1. The van der Waals surface area contributed by atoms with Gasteiger partial charge in [0.1, 0.15) is 18.5 Å². The maximum Gasteiger partial charge on any atom is 0.142 e. The number of hydrogen-bond donors (Lipinski definition) is 2. The number of aliphatic hydroxyl groups excluding tert-OH is 1. The molecule has 1 aliphatic heterocycles. The van der Waals surface area contributed by atoms with Crippen molar-refractivity contribution in [2.45, 2.75) is 25.0 Å². The number of methoxy groups -OCH3 is 1. The Morgan fingerprint density at radius 2 is 2.05 bits per heavy atom. The van der Waals surface area contributed by atoms with Gasteiger partial charge in [0.15, 0.2) is 0 Å². The first kappa shape index (κ1) is 15.1. The van der Waals surface area contributed by atoms with Gasteiger partial charge in [-0.2, -0.15) is 0 Å². The van der Waals surface area contributed by atoms with E-state index in [0.717, 1.165) is 25.9 Å². The zero-order chi connectivity index (χ0) is 14.4. The van der Waals surface area contributed by atoms with Gasteiger partial charge in [0, 0.05) is 26.7 Å². The molecule has 0 saturated carbocycles. The third kappa shape index (κ3) is 4.37. The third-order valence-corrected chi connectivity index (χ3v) is 3.69. The molecule has 1 aliphatic rings. The second kappa shape index (κ2) is 7.47. The molecule has 0 amide bonds. The van der Waals surface area contributed by atoms with Crippen LogP contribution in [-0.2, 0) is 4.74 Å². The molecular weight excluding hydrogens is 256 g/mol. The summed E-state index contributed by atoms with van der Waals surface area (Å²) >= 11 is 0. The average Bonchev–Trinajstić information content (AvgIpc) is 2.47. The van der Waals surface area contributed by atoms with Crippen LogP contribution in [0, 0.1) is 0 Å². The number of ether oxygens (including phenoxy) is 2. The largest absolute Gasteiger partial charge is 0.489 e. The van der Waals surface area contributed by atoms with Crippen LogP contribution < -0.4 is 10.5 Å². The van der Waals surface area contributed by atoms with E-state index in [1.807, 2.05) is 18.2 Å². The van der Waals surface area contributed by atoms with Crippen LogP contribution >= 0.6 is 0 Å². The molecule has 20 heavy (non-hydrogen) atoms. The maximum atomic E-state index is 10.0.